The fraction of sp³-hybridized carbons (Fsp3) is 0.500. The zero-order valence-electron chi connectivity index (χ0n) is 9.76. The maximum absolute atomic E-state index is 13.4. The van der Waals surface area contributed by atoms with Crippen LogP contribution in [0.2, 0.25) is 0 Å². The molecule has 0 fully saturated rings. The molecule has 0 bridgehead atoms. The molecule has 0 saturated carbocycles. The maximum atomic E-state index is 13.4. The minimum Gasteiger partial charge on any atom is -0.383 e. The minimum absolute atomic E-state index is 0.0858. The van der Waals surface area contributed by atoms with Crippen molar-refractivity contribution in [1.82, 2.24) is 5.32 Å². The van der Waals surface area contributed by atoms with E-state index in [9.17, 15) is 8.78 Å². The highest BCUT2D eigenvalue weighted by molar-refractivity contribution is 5.22. The monoisotopic (exact) mass is 229 g/mol. The van der Waals surface area contributed by atoms with Gasteiger partial charge in [-0.1, -0.05) is 12.1 Å². The van der Waals surface area contributed by atoms with E-state index in [1.54, 1.807) is 20.1 Å². The zero-order valence-corrected chi connectivity index (χ0v) is 9.76. The van der Waals surface area contributed by atoms with Gasteiger partial charge in [-0.15, -0.1) is 0 Å². The Bertz CT molecular complexity index is 344. The normalized spacial score (nSPS) is 14.8. The Labute approximate surface area is 94.6 Å². The summed E-state index contributed by atoms with van der Waals surface area (Å²) >= 11 is 0. The number of hydrogen-bond acceptors (Lipinski definition) is 2. The van der Waals surface area contributed by atoms with E-state index < -0.39 is 11.6 Å². The molecule has 0 radical (unpaired) electrons. The lowest BCUT2D eigenvalue weighted by Gasteiger charge is -2.20. The highest BCUT2D eigenvalue weighted by atomic mass is 19.2. The van der Waals surface area contributed by atoms with Gasteiger partial charge in [0.1, 0.15) is 0 Å². The first-order valence-electron chi connectivity index (χ1n) is 5.25. The molecule has 0 heterocycles. The van der Waals surface area contributed by atoms with Gasteiger partial charge in [0.2, 0.25) is 0 Å². The molecule has 0 amide bonds. The van der Waals surface area contributed by atoms with Gasteiger partial charge < -0.3 is 10.1 Å². The molecule has 0 aliphatic rings. The average Bonchev–Trinajstić information content (AvgIpc) is 2.22. The van der Waals surface area contributed by atoms with Gasteiger partial charge in [-0.05, 0) is 19.9 Å². The van der Waals surface area contributed by atoms with Gasteiger partial charge in [-0.2, -0.15) is 0 Å². The zero-order chi connectivity index (χ0) is 12.1. The molecule has 1 rings (SSSR count). The summed E-state index contributed by atoms with van der Waals surface area (Å²) in [5.41, 5.74) is 0.336. The number of benzene rings is 1. The molecular formula is C12H17F2NO. The van der Waals surface area contributed by atoms with Crippen LogP contribution in [0.5, 0.6) is 0 Å². The van der Waals surface area contributed by atoms with Crippen molar-refractivity contribution in [2.45, 2.75) is 25.9 Å². The lowest BCUT2D eigenvalue weighted by atomic mass is 10.1. The first kappa shape index (κ1) is 13.1. The van der Waals surface area contributed by atoms with Crippen LogP contribution in [-0.2, 0) is 4.74 Å². The van der Waals surface area contributed by atoms with E-state index >= 15 is 0 Å². The minimum atomic E-state index is -0.814. The van der Waals surface area contributed by atoms with Gasteiger partial charge >= 0.3 is 0 Å². The van der Waals surface area contributed by atoms with Crippen molar-refractivity contribution in [3.8, 4) is 0 Å². The highest BCUT2D eigenvalue weighted by Crippen LogP contribution is 2.19. The van der Waals surface area contributed by atoms with E-state index in [1.165, 1.54) is 6.07 Å². The summed E-state index contributed by atoms with van der Waals surface area (Å²) in [6.07, 6.45) is 0. The van der Waals surface area contributed by atoms with E-state index in [2.05, 4.69) is 5.32 Å². The van der Waals surface area contributed by atoms with E-state index in [-0.39, 0.29) is 12.1 Å². The quantitative estimate of drug-likeness (QED) is 0.838. The Balaban J connectivity index is 2.72. The second kappa shape index (κ2) is 5.92. The Morgan fingerprint density at radius 2 is 2.00 bits per heavy atom. The number of methoxy groups -OCH3 is 1. The third kappa shape index (κ3) is 3.25. The number of halogens is 2. The Morgan fingerprint density at radius 1 is 1.31 bits per heavy atom. The van der Waals surface area contributed by atoms with Crippen molar-refractivity contribution in [2.75, 3.05) is 13.7 Å². The Morgan fingerprint density at radius 3 is 2.62 bits per heavy atom. The Kier molecular flexibility index (Phi) is 4.83. The average molecular weight is 229 g/mol. The predicted molar refractivity (Wildman–Crippen MR) is 59.2 cm³/mol. The van der Waals surface area contributed by atoms with Gasteiger partial charge in [0.05, 0.1) is 6.61 Å². The maximum Gasteiger partial charge on any atom is 0.163 e. The summed E-state index contributed by atoms with van der Waals surface area (Å²) < 4.78 is 31.4. The molecule has 2 atom stereocenters. The van der Waals surface area contributed by atoms with Gasteiger partial charge in [-0.25, -0.2) is 8.78 Å². The third-order valence-corrected chi connectivity index (χ3v) is 2.40. The molecular weight excluding hydrogens is 212 g/mol. The van der Waals surface area contributed by atoms with Crippen molar-refractivity contribution < 1.29 is 13.5 Å². The molecule has 1 aromatic rings. The molecule has 1 N–H and O–H groups in total. The summed E-state index contributed by atoms with van der Waals surface area (Å²) in [5, 5.41) is 3.13. The molecule has 4 heteroatoms. The first-order valence-corrected chi connectivity index (χ1v) is 5.25. The molecule has 2 nitrogen and oxygen atoms in total. The number of nitrogens with one attached hydrogen (secondary N) is 1. The van der Waals surface area contributed by atoms with Crippen LogP contribution in [0.4, 0.5) is 8.78 Å². The van der Waals surface area contributed by atoms with Crippen molar-refractivity contribution in [3.05, 3.63) is 35.4 Å². The summed E-state index contributed by atoms with van der Waals surface area (Å²) in [7, 11) is 1.60. The van der Waals surface area contributed by atoms with Crippen LogP contribution in [0.25, 0.3) is 0 Å². The Hall–Kier alpha value is -1.00. The SMILES string of the molecule is COCC(C)NC(C)c1cccc(F)c1F. The van der Waals surface area contributed by atoms with Crippen LogP contribution in [0.15, 0.2) is 18.2 Å². The predicted octanol–water partition coefficient (Wildman–Crippen LogP) is 2.65. The summed E-state index contributed by atoms with van der Waals surface area (Å²) in [4.78, 5) is 0. The van der Waals surface area contributed by atoms with Crippen molar-refractivity contribution in [1.29, 1.82) is 0 Å². The highest BCUT2D eigenvalue weighted by Gasteiger charge is 2.15. The van der Waals surface area contributed by atoms with Gasteiger partial charge in [0.25, 0.3) is 0 Å². The summed E-state index contributed by atoms with van der Waals surface area (Å²) in [6, 6.07) is 4.04. The fourth-order valence-electron chi connectivity index (χ4n) is 1.67. The van der Waals surface area contributed by atoms with Crippen molar-refractivity contribution in [2.24, 2.45) is 0 Å². The molecule has 0 aromatic heterocycles. The van der Waals surface area contributed by atoms with Crippen LogP contribution in [0, 0.1) is 11.6 Å². The van der Waals surface area contributed by atoms with Crippen LogP contribution in [0.3, 0.4) is 0 Å². The standard InChI is InChI=1S/C12H17F2NO/c1-8(7-16-3)15-9(2)10-5-4-6-11(13)12(10)14/h4-6,8-9,15H,7H2,1-3H3. The van der Waals surface area contributed by atoms with Crippen LogP contribution in [0.1, 0.15) is 25.5 Å². The van der Waals surface area contributed by atoms with Gasteiger partial charge in [-0.3, -0.25) is 0 Å². The summed E-state index contributed by atoms with van der Waals surface area (Å²) in [6.45, 7) is 4.25. The molecule has 0 saturated heterocycles. The molecule has 1 aromatic carbocycles. The molecule has 2 unspecified atom stereocenters. The van der Waals surface area contributed by atoms with Crippen molar-refractivity contribution >= 4 is 0 Å². The largest absolute Gasteiger partial charge is 0.383 e. The van der Waals surface area contributed by atoms with E-state index in [0.717, 1.165) is 6.07 Å². The van der Waals surface area contributed by atoms with Crippen LogP contribution < -0.4 is 5.32 Å². The van der Waals surface area contributed by atoms with E-state index in [0.29, 0.717) is 12.2 Å². The molecule has 90 valence electrons. The summed E-state index contributed by atoms with van der Waals surface area (Å²) in [5.74, 6) is -1.60. The van der Waals surface area contributed by atoms with Crippen molar-refractivity contribution in [3.63, 3.8) is 0 Å². The second-order valence-corrected chi connectivity index (χ2v) is 3.89. The van der Waals surface area contributed by atoms with E-state index in [1.807, 2.05) is 6.92 Å². The topological polar surface area (TPSA) is 21.3 Å². The fourth-order valence-corrected chi connectivity index (χ4v) is 1.67. The number of rotatable bonds is 5. The lowest BCUT2D eigenvalue weighted by molar-refractivity contribution is 0.167. The number of hydrogen-bond donors (Lipinski definition) is 1. The van der Waals surface area contributed by atoms with Gasteiger partial charge in [0.15, 0.2) is 11.6 Å². The lowest BCUT2D eigenvalue weighted by Crippen LogP contribution is -2.32. The van der Waals surface area contributed by atoms with E-state index in [4.69, 9.17) is 4.74 Å². The molecule has 0 spiro atoms. The smallest absolute Gasteiger partial charge is 0.163 e. The first-order chi connectivity index (χ1) is 7.56. The van der Waals surface area contributed by atoms with Crippen LogP contribution >= 0.6 is 0 Å². The van der Waals surface area contributed by atoms with Crippen LogP contribution in [-0.4, -0.2) is 19.8 Å². The molecule has 0 aliphatic heterocycles. The van der Waals surface area contributed by atoms with Gasteiger partial charge in [0, 0.05) is 24.8 Å². The third-order valence-electron chi connectivity index (χ3n) is 2.40. The molecule has 0 aliphatic carbocycles. The number of ether oxygens (including phenoxy) is 1. The molecule has 16 heavy (non-hydrogen) atoms. The second-order valence-electron chi connectivity index (χ2n) is 3.89.